The van der Waals surface area contributed by atoms with Crippen LogP contribution < -0.4 is 29.6 Å². The summed E-state index contributed by atoms with van der Waals surface area (Å²) in [5.41, 5.74) is 3.09. The van der Waals surface area contributed by atoms with Crippen LogP contribution in [0.15, 0.2) is 18.2 Å². The van der Waals surface area contributed by atoms with E-state index in [0.29, 0.717) is 17.8 Å². The van der Waals surface area contributed by atoms with Crippen LogP contribution in [0.25, 0.3) is 0 Å². The van der Waals surface area contributed by atoms with Crippen LogP contribution in [0.4, 0.5) is 0 Å². The van der Waals surface area contributed by atoms with Crippen LogP contribution in [-0.2, 0) is 19.8 Å². The molecule has 0 heterocycles. The summed E-state index contributed by atoms with van der Waals surface area (Å²) in [6, 6.07) is 5.84. The number of benzene rings is 1. The van der Waals surface area contributed by atoms with E-state index in [1.165, 1.54) is 0 Å². The Morgan fingerprint density at radius 1 is 1.38 bits per heavy atom. The first-order valence-corrected chi connectivity index (χ1v) is 6.46. The molecule has 0 aliphatic heterocycles. The standard InChI is InChI=1S/C9H12O4S2.Na/c1-7-3-4-8(2)9(5-7)6-14-13-15(10,11)12;/h3-5H,6H2,1-2H3,(H,10,11,12);/q;+1/p-1. The van der Waals surface area contributed by atoms with Crippen molar-refractivity contribution in [2.45, 2.75) is 19.6 Å². The van der Waals surface area contributed by atoms with E-state index in [9.17, 15) is 13.0 Å². The maximum atomic E-state index is 10.2. The summed E-state index contributed by atoms with van der Waals surface area (Å²) in [6.07, 6.45) is 0. The van der Waals surface area contributed by atoms with Gasteiger partial charge in [0.05, 0.1) is 0 Å². The Kier molecular flexibility index (Phi) is 7.20. The van der Waals surface area contributed by atoms with Gasteiger partial charge in [-0.3, -0.25) is 0 Å². The first-order chi connectivity index (χ1) is 6.88. The van der Waals surface area contributed by atoms with Gasteiger partial charge in [0.25, 0.3) is 0 Å². The zero-order valence-electron chi connectivity index (χ0n) is 9.39. The largest absolute Gasteiger partial charge is 1.00 e. The van der Waals surface area contributed by atoms with Crippen LogP contribution in [0.5, 0.6) is 0 Å². The molecule has 0 amide bonds. The summed E-state index contributed by atoms with van der Waals surface area (Å²) >= 11 is 0.636. The Balaban J connectivity index is 0.00000225. The van der Waals surface area contributed by atoms with E-state index < -0.39 is 10.4 Å². The van der Waals surface area contributed by atoms with E-state index in [1.54, 1.807) is 0 Å². The van der Waals surface area contributed by atoms with Gasteiger partial charge in [-0.2, -0.15) is 0 Å². The molecule has 0 saturated carbocycles. The van der Waals surface area contributed by atoms with Crippen molar-refractivity contribution in [3.05, 3.63) is 34.9 Å². The molecule has 1 aromatic carbocycles. The molecule has 0 aliphatic rings. The monoisotopic (exact) mass is 270 g/mol. The molecule has 1 aromatic rings. The van der Waals surface area contributed by atoms with Crippen LogP contribution in [-0.4, -0.2) is 13.0 Å². The summed E-state index contributed by atoms with van der Waals surface area (Å²) in [7, 11) is -4.60. The number of hydrogen-bond donors (Lipinski definition) is 0. The molecule has 0 bridgehead atoms. The topological polar surface area (TPSA) is 66.4 Å². The van der Waals surface area contributed by atoms with E-state index in [1.807, 2.05) is 32.0 Å². The molecule has 0 radical (unpaired) electrons. The third kappa shape index (κ3) is 6.24. The molecule has 16 heavy (non-hydrogen) atoms. The number of rotatable bonds is 4. The average molecular weight is 270 g/mol. The predicted octanol–water partition coefficient (Wildman–Crippen LogP) is -1.07. The minimum Gasteiger partial charge on any atom is -0.725 e. The van der Waals surface area contributed by atoms with Crippen molar-refractivity contribution >= 4 is 22.4 Å². The molecule has 0 fully saturated rings. The minimum atomic E-state index is -4.60. The van der Waals surface area contributed by atoms with E-state index >= 15 is 0 Å². The van der Waals surface area contributed by atoms with Gasteiger partial charge in [0, 0.05) is 17.8 Å². The van der Waals surface area contributed by atoms with E-state index in [0.717, 1.165) is 16.7 Å². The molecular formula is C9H11NaO4S2. The van der Waals surface area contributed by atoms with Gasteiger partial charge in [-0.25, -0.2) is 12.0 Å². The Hall–Kier alpha value is 0.440. The van der Waals surface area contributed by atoms with Crippen LogP contribution in [0.3, 0.4) is 0 Å². The average Bonchev–Trinajstić information content (AvgIpc) is 2.09. The van der Waals surface area contributed by atoms with Gasteiger partial charge >= 0.3 is 29.6 Å². The smallest absolute Gasteiger partial charge is 0.725 e. The first-order valence-electron chi connectivity index (χ1n) is 4.21. The Morgan fingerprint density at radius 3 is 2.56 bits per heavy atom. The van der Waals surface area contributed by atoms with E-state index in [4.69, 9.17) is 0 Å². The fourth-order valence-electron chi connectivity index (χ4n) is 1.10. The molecule has 1 rings (SSSR count). The van der Waals surface area contributed by atoms with Crippen molar-refractivity contribution < 1.29 is 46.2 Å². The Bertz CT molecular complexity index is 445. The molecule has 84 valence electrons. The fraction of sp³-hybridized carbons (Fsp3) is 0.333. The summed E-state index contributed by atoms with van der Waals surface area (Å²) in [5.74, 6) is 0.342. The molecule has 4 nitrogen and oxygen atoms in total. The van der Waals surface area contributed by atoms with Crippen molar-refractivity contribution in [3.8, 4) is 0 Å². The van der Waals surface area contributed by atoms with Gasteiger partial charge in [-0.15, -0.1) is 0 Å². The zero-order chi connectivity index (χ0) is 11.5. The molecule has 0 spiro atoms. The molecule has 0 unspecified atom stereocenters. The zero-order valence-corrected chi connectivity index (χ0v) is 13.0. The maximum absolute atomic E-state index is 10.2. The van der Waals surface area contributed by atoms with Crippen LogP contribution in [0, 0.1) is 13.8 Å². The number of hydrogen-bond acceptors (Lipinski definition) is 5. The molecule has 0 aliphatic carbocycles. The maximum Gasteiger partial charge on any atom is 1.00 e. The summed E-state index contributed by atoms with van der Waals surface area (Å²) < 4.78 is 34.6. The second-order valence-corrected chi connectivity index (χ2v) is 5.05. The molecule has 0 saturated heterocycles. The van der Waals surface area contributed by atoms with E-state index in [2.05, 4.69) is 3.63 Å². The fourth-order valence-corrected chi connectivity index (χ4v) is 2.20. The molecule has 7 heteroatoms. The second-order valence-electron chi connectivity index (χ2n) is 3.17. The summed E-state index contributed by atoms with van der Waals surface area (Å²) in [5, 5.41) is 0. The van der Waals surface area contributed by atoms with E-state index in [-0.39, 0.29) is 29.6 Å². The van der Waals surface area contributed by atoms with Crippen molar-refractivity contribution in [3.63, 3.8) is 0 Å². The van der Waals surface area contributed by atoms with Gasteiger partial charge in [-0.1, -0.05) is 23.8 Å². The van der Waals surface area contributed by atoms with Crippen molar-refractivity contribution in [1.82, 2.24) is 0 Å². The normalized spacial score (nSPS) is 10.9. The summed E-state index contributed by atoms with van der Waals surface area (Å²) in [4.78, 5) is 0. The first kappa shape index (κ1) is 16.4. The Morgan fingerprint density at radius 2 is 2.00 bits per heavy atom. The third-order valence-corrected chi connectivity index (χ3v) is 3.33. The number of aryl methyl sites for hydroxylation is 2. The third-order valence-electron chi connectivity index (χ3n) is 1.85. The molecule has 0 atom stereocenters. The second kappa shape index (κ2) is 7.00. The Labute approximate surface area is 122 Å². The van der Waals surface area contributed by atoms with Crippen LogP contribution in [0.2, 0.25) is 0 Å². The van der Waals surface area contributed by atoms with Crippen molar-refractivity contribution in [1.29, 1.82) is 0 Å². The quantitative estimate of drug-likeness (QED) is 0.302. The van der Waals surface area contributed by atoms with Gasteiger partial charge in [0.15, 0.2) is 0 Å². The van der Waals surface area contributed by atoms with Gasteiger partial charge in [0.1, 0.15) is 0 Å². The minimum absolute atomic E-state index is 0. The van der Waals surface area contributed by atoms with Crippen molar-refractivity contribution in [2.75, 3.05) is 0 Å². The van der Waals surface area contributed by atoms with Crippen LogP contribution in [0.1, 0.15) is 16.7 Å². The molecular weight excluding hydrogens is 259 g/mol. The SMILES string of the molecule is Cc1ccc(C)c(CSOS(=O)(=O)[O-])c1.[Na+]. The predicted molar refractivity (Wildman–Crippen MR) is 58.0 cm³/mol. The summed E-state index contributed by atoms with van der Waals surface area (Å²) in [6.45, 7) is 3.86. The van der Waals surface area contributed by atoms with Gasteiger partial charge in [-0.05, 0) is 25.0 Å². The van der Waals surface area contributed by atoms with Gasteiger partial charge < -0.3 is 4.55 Å². The molecule has 0 N–H and O–H groups in total. The van der Waals surface area contributed by atoms with Gasteiger partial charge in [0.2, 0.25) is 10.4 Å². The van der Waals surface area contributed by atoms with Crippen LogP contribution >= 0.6 is 12.0 Å². The molecule has 0 aromatic heterocycles. The van der Waals surface area contributed by atoms with Crippen molar-refractivity contribution in [2.24, 2.45) is 0 Å².